The molecule has 0 radical (unpaired) electrons. The van der Waals surface area contributed by atoms with Crippen molar-refractivity contribution in [3.8, 4) is 0 Å². The minimum absolute atomic E-state index is 0.415. The quantitative estimate of drug-likeness (QED) is 0.921. The van der Waals surface area contributed by atoms with Crippen molar-refractivity contribution in [3.63, 3.8) is 0 Å². The van der Waals surface area contributed by atoms with Crippen molar-refractivity contribution in [2.24, 2.45) is 11.3 Å². The Kier molecular flexibility index (Phi) is 3.57. The second kappa shape index (κ2) is 5.46. The number of nitrogens with zero attached hydrogens (tertiary/aromatic N) is 3. The number of aromatic nitrogens is 2. The van der Waals surface area contributed by atoms with Gasteiger partial charge in [-0.25, -0.2) is 9.97 Å². The number of nitrogens with one attached hydrogen (secondary N) is 1. The molecule has 1 aliphatic heterocycles. The van der Waals surface area contributed by atoms with Gasteiger partial charge in [0.1, 0.15) is 0 Å². The van der Waals surface area contributed by atoms with Gasteiger partial charge >= 0.3 is 0 Å². The molecule has 2 saturated carbocycles. The second-order valence-corrected chi connectivity index (χ2v) is 7.29. The molecule has 2 aliphatic carbocycles. The Morgan fingerprint density at radius 3 is 2.95 bits per heavy atom. The minimum atomic E-state index is 0.415. The maximum Gasteiger partial charge on any atom is 0.225 e. The number of ether oxygens (including phenoxy) is 1. The molecule has 120 valence electrons. The van der Waals surface area contributed by atoms with Crippen molar-refractivity contribution in [2.75, 3.05) is 25.6 Å². The summed E-state index contributed by atoms with van der Waals surface area (Å²) in [6, 6.07) is 2.63. The lowest BCUT2D eigenvalue weighted by Crippen LogP contribution is -2.67. The molecule has 0 aromatic carbocycles. The number of fused-ring (bicyclic) bond motifs is 2. The van der Waals surface area contributed by atoms with Gasteiger partial charge < -0.3 is 15.0 Å². The standard InChI is InChI=1S/C17H26N4O/c1-21(2)16-18-9-5-12(20-16)11-19-14-13-6-10-22-15(13)17(14)7-3-4-8-17/h5,9,13-15,19H,3-4,6-8,10-11H2,1-2H3/t13-,14+,15-/m0/s1. The molecule has 2 heterocycles. The molecular weight excluding hydrogens is 276 g/mol. The Balaban J connectivity index is 1.46. The first-order chi connectivity index (χ1) is 10.7. The number of rotatable bonds is 4. The van der Waals surface area contributed by atoms with Crippen molar-refractivity contribution in [1.29, 1.82) is 0 Å². The fourth-order valence-electron chi connectivity index (χ4n) is 4.92. The average molecular weight is 302 g/mol. The van der Waals surface area contributed by atoms with Gasteiger partial charge in [-0.1, -0.05) is 12.8 Å². The number of hydrogen-bond acceptors (Lipinski definition) is 5. The molecule has 1 N–H and O–H groups in total. The highest BCUT2D eigenvalue weighted by Crippen LogP contribution is 2.60. The van der Waals surface area contributed by atoms with Gasteiger partial charge in [0.2, 0.25) is 5.95 Å². The largest absolute Gasteiger partial charge is 0.377 e. The van der Waals surface area contributed by atoms with Crippen molar-refractivity contribution >= 4 is 5.95 Å². The van der Waals surface area contributed by atoms with Crippen LogP contribution in [0.3, 0.4) is 0 Å². The Morgan fingerprint density at radius 2 is 2.18 bits per heavy atom. The van der Waals surface area contributed by atoms with E-state index in [9.17, 15) is 0 Å². The molecule has 3 fully saturated rings. The molecule has 3 aliphatic rings. The van der Waals surface area contributed by atoms with Crippen LogP contribution in [0.1, 0.15) is 37.8 Å². The topological polar surface area (TPSA) is 50.3 Å². The van der Waals surface area contributed by atoms with E-state index in [0.29, 0.717) is 23.5 Å². The summed E-state index contributed by atoms with van der Waals surface area (Å²) in [4.78, 5) is 10.9. The molecule has 1 aromatic heterocycles. The van der Waals surface area contributed by atoms with Crippen LogP contribution in [0.4, 0.5) is 5.95 Å². The van der Waals surface area contributed by atoms with Crippen LogP contribution in [0.25, 0.3) is 0 Å². The van der Waals surface area contributed by atoms with Crippen molar-refractivity contribution in [3.05, 3.63) is 18.0 Å². The lowest BCUT2D eigenvalue weighted by molar-refractivity contribution is -0.131. The van der Waals surface area contributed by atoms with Crippen molar-refractivity contribution < 1.29 is 4.74 Å². The van der Waals surface area contributed by atoms with Crippen LogP contribution >= 0.6 is 0 Å². The van der Waals surface area contributed by atoms with Gasteiger partial charge in [0.15, 0.2) is 0 Å². The van der Waals surface area contributed by atoms with Gasteiger partial charge in [0, 0.05) is 50.8 Å². The van der Waals surface area contributed by atoms with E-state index in [1.54, 1.807) is 0 Å². The summed E-state index contributed by atoms with van der Waals surface area (Å²) in [6.45, 7) is 1.78. The zero-order valence-corrected chi connectivity index (χ0v) is 13.6. The van der Waals surface area contributed by atoms with E-state index in [-0.39, 0.29) is 0 Å². The van der Waals surface area contributed by atoms with Gasteiger partial charge in [-0.05, 0) is 25.3 Å². The second-order valence-electron chi connectivity index (χ2n) is 7.29. The third-order valence-corrected chi connectivity index (χ3v) is 5.89. The van der Waals surface area contributed by atoms with Crippen LogP contribution in [0.2, 0.25) is 0 Å². The lowest BCUT2D eigenvalue weighted by Gasteiger charge is -2.57. The van der Waals surface area contributed by atoms with E-state index < -0.39 is 0 Å². The molecule has 4 rings (SSSR count). The molecule has 5 heteroatoms. The first-order valence-corrected chi connectivity index (χ1v) is 8.55. The van der Waals surface area contributed by atoms with Crippen molar-refractivity contribution in [1.82, 2.24) is 15.3 Å². The molecule has 5 nitrogen and oxygen atoms in total. The van der Waals surface area contributed by atoms with Crippen molar-refractivity contribution in [2.45, 2.75) is 50.8 Å². The Labute approximate surface area is 132 Å². The molecule has 22 heavy (non-hydrogen) atoms. The summed E-state index contributed by atoms with van der Waals surface area (Å²) < 4.78 is 6.05. The summed E-state index contributed by atoms with van der Waals surface area (Å²) in [5.74, 6) is 1.50. The summed E-state index contributed by atoms with van der Waals surface area (Å²) in [5.41, 5.74) is 1.49. The van der Waals surface area contributed by atoms with E-state index in [4.69, 9.17) is 4.74 Å². The first-order valence-electron chi connectivity index (χ1n) is 8.55. The molecule has 1 aromatic rings. The minimum Gasteiger partial charge on any atom is -0.377 e. The smallest absolute Gasteiger partial charge is 0.225 e. The van der Waals surface area contributed by atoms with Crippen LogP contribution in [0.5, 0.6) is 0 Å². The van der Waals surface area contributed by atoms with Gasteiger partial charge in [0.05, 0.1) is 11.8 Å². The van der Waals surface area contributed by atoms with Gasteiger partial charge in [-0.3, -0.25) is 0 Å². The SMILES string of the molecule is CN(C)c1nccc(CN[C@@H]2[C@@H]3CCO[C@@H]3C23CCCC3)n1. The molecule has 1 saturated heterocycles. The lowest BCUT2D eigenvalue weighted by atomic mass is 9.54. The van der Waals surface area contributed by atoms with E-state index in [0.717, 1.165) is 24.8 Å². The van der Waals surface area contributed by atoms with Gasteiger partial charge in [0.25, 0.3) is 0 Å². The zero-order valence-electron chi connectivity index (χ0n) is 13.6. The van der Waals surface area contributed by atoms with E-state index in [1.807, 2.05) is 31.3 Å². The fourth-order valence-corrected chi connectivity index (χ4v) is 4.92. The van der Waals surface area contributed by atoms with Crippen LogP contribution in [0.15, 0.2) is 12.3 Å². The molecule has 0 bridgehead atoms. The molecular formula is C17H26N4O. The molecule has 0 unspecified atom stereocenters. The highest BCUT2D eigenvalue weighted by molar-refractivity contribution is 5.27. The number of hydrogen-bond donors (Lipinski definition) is 1. The Bertz CT molecular complexity index is 541. The number of anilines is 1. The Hall–Kier alpha value is -1.20. The summed E-state index contributed by atoms with van der Waals surface area (Å²) in [5, 5.41) is 3.82. The third kappa shape index (κ3) is 2.14. The Morgan fingerprint density at radius 1 is 1.36 bits per heavy atom. The van der Waals surface area contributed by atoms with Crippen LogP contribution in [-0.4, -0.2) is 42.8 Å². The molecule has 0 amide bonds. The normalized spacial score (nSPS) is 32.0. The van der Waals surface area contributed by atoms with E-state index in [2.05, 4.69) is 15.3 Å². The maximum atomic E-state index is 6.05. The predicted octanol–water partition coefficient (Wildman–Crippen LogP) is 1.98. The van der Waals surface area contributed by atoms with E-state index >= 15 is 0 Å². The van der Waals surface area contributed by atoms with Gasteiger partial charge in [-0.2, -0.15) is 0 Å². The zero-order chi connectivity index (χ0) is 15.2. The molecule has 3 atom stereocenters. The highest BCUT2D eigenvalue weighted by atomic mass is 16.5. The highest BCUT2D eigenvalue weighted by Gasteiger charge is 2.64. The third-order valence-electron chi connectivity index (χ3n) is 5.89. The fraction of sp³-hybridized carbons (Fsp3) is 0.765. The summed E-state index contributed by atoms with van der Waals surface area (Å²) in [7, 11) is 3.96. The monoisotopic (exact) mass is 302 g/mol. The molecule has 1 spiro atoms. The maximum absolute atomic E-state index is 6.05. The average Bonchev–Trinajstić information content (AvgIpc) is 3.15. The first kappa shape index (κ1) is 14.4. The summed E-state index contributed by atoms with van der Waals surface area (Å²) >= 11 is 0. The van der Waals surface area contributed by atoms with Gasteiger partial charge in [-0.15, -0.1) is 0 Å². The van der Waals surface area contributed by atoms with Crippen LogP contribution < -0.4 is 10.2 Å². The van der Waals surface area contributed by atoms with E-state index in [1.165, 1.54) is 32.1 Å². The van der Waals surface area contributed by atoms with Crippen LogP contribution in [0, 0.1) is 11.3 Å². The predicted molar refractivity (Wildman–Crippen MR) is 85.7 cm³/mol. The summed E-state index contributed by atoms with van der Waals surface area (Å²) in [6.07, 6.45) is 8.99. The van der Waals surface area contributed by atoms with Crippen LogP contribution in [-0.2, 0) is 11.3 Å².